The summed E-state index contributed by atoms with van der Waals surface area (Å²) in [5.74, 6) is 0. The maximum absolute atomic E-state index is 5.34. The summed E-state index contributed by atoms with van der Waals surface area (Å²) in [5, 5.41) is 0. The summed E-state index contributed by atoms with van der Waals surface area (Å²) < 4.78 is 5.34. The van der Waals surface area contributed by atoms with Gasteiger partial charge in [0.15, 0.2) is 0 Å². The molecule has 1 aliphatic carbocycles. The SMILES string of the molecule is CC1=CC=C2C=COC2C1. The summed E-state index contributed by atoms with van der Waals surface area (Å²) in [4.78, 5) is 0. The van der Waals surface area contributed by atoms with Crippen molar-refractivity contribution in [2.75, 3.05) is 0 Å². The standard InChI is InChI=1S/C9H10O/c1-7-2-3-8-4-5-10-9(8)6-7/h2-5,9H,6H2,1H3. The van der Waals surface area contributed by atoms with Crippen molar-refractivity contribution in [1.29, 1.82) is 0 Å². The van der Waals surface area contributed by atoms with E-state index in [1.165, 1.54) is 11.1 Å². The van der Waals surface area contributed by atoms with Gasteiger partial charge in [-0.25, -0.2) is 0 Å². The van der Waals surface area contributed by atoms with Crippen LogP contribution >= 0.6 is 0 Å². The Morgan fingerprint density at radius 1 is 1.50 bits per heavy atom. The molecule has 52 valence electrons. The first kappa shape index (κ1) is 5.78. The highest BCUT2D eigenvalue weighted by molar-refractivity contribution is 5.36. The van der Waals surface area contributed by atoms with Gasteiger partial charge < -0.3 is 4.74 Å². The molecule has 0 aromatic rings. The summed E-state index contributed by atoms with van der Waals surface area (Å²) in [6.07, 6.45) is 9.48. The van der Waals surface area contributed by atoms with Gasteiger partial charge in [0.2, 0.25) is 0 Å². The van der Waals surface area contributed by atoms with Crippen LogP contribution in [0.5, 0.6) is 0 Å². The molecule has 1 heterocycles. The molecule has 2 aliphatic rings. The van der Waals surface area contributed by atoms with Gasteiger partial charge in [-0.1, -0.05) is 17.7 Å². The van der Waals surface area contributed by atoms with Crippen LogP contribution in [0.15, 0.2) is 35.6 Å². The molecular weight excluding hydrogens is 124 g/mol. The van der Waals surface area contributed by atoms with E-state index in [-0.39, 0.29) is 0 Å². The minimum atomic E-state index is 0.324. The topological polar surface area (TPSA) is 9.23 Å². The molecule has 0 radical (unpaired) electrons. The predicted octanol–water partition coefficient (Wildman–Crippen LogP) is 2.18. The second kappa shape index (κ2) is 2.01. The van der Waals surface area contributed by atoms with Crippen molar-refractivity contribution >= 4 is 0 Å². The second-order valence-corrected chi connectivity index (χ2v) is 2.81. The second-order valence-electron chi connectivity index (χ2n) is 2.81. The molecule has 1 nitrogen and oxygen atoms in total. The van der Waals surface area contributed by atoms with Gasteiger partial charge in [0.1, 0.15) is 6.10 Å². The monoisotopic (exact) mass is 134 g/mol. The average Bonchev–Trinajstić information content (AvgIpc) is 2.33. The van der Waals surface area contributed by atoms with E-state index >= 15 is 0 Å². The van der Waals surface area contributed by atoms with Gasteiger partial charge in [-0.3, -0.25) is 0 Å². The van der Waals surface area contributed by atoms with Gasteiger partial charge >= 0.3 is 0 Å². The van der Waals surface area contributed by atoms with E-state index in [0.29, 0.717) is 6.10 Å². The van der Waals surface area contributed by atoms with Crippen molar-refractivity contribution in [3.63, 3.8) is 0 Å². The summed E-state index contributed by atoms with van der Waals surface area (Å²) in [7, 11) is 0. The summed E-state index contributed by atoms with van der Waals surface area (Å²) in [6, 6.07) is 0. The van der Waals surface area contributed by atoms with E-state index < -0.39 is 0 Å². The molecule has 1 atom stereocenters. The van der Waals surface area contributed by atoms with Crippen LogP contribution in [-0.2, 0) is 4.74 Å². The van der Waals surface area contributed by atoms with Crippen molar-refractivity contribution in [1.82, 2.24) is 0 Å². The van der Waals surface area contributed by atoms with Crippen molar-refractivity contribution in [2.45, 2.75) is 19.4 Å². The number of ether oxygens (including phenoxy) is 1. The fourth-order valence-corrected chi connectivity index (χ4v) is 1.33. The highest BCUT2D eigenvalue weighted by atomic mass is 16.5. The average molecular weight is 134 g/mol. The molecule has 1 aliphatic heterocycles. The first-order valence-corrected chi connectivity index (χ1v) is 3.55. The number of hydrogen-bond donors (Lipinski definition) is 0. The highest BCUT2D eigenvalue weighted by Crippen LogP contribution is 2.26. The largest absolute Gasteiger partial charge is 0.493 e. The maximum Gasteiger partial charge on any atom is 0.127 e. The van der Waals surface area contributed by atoms with Crippen LogP contribution in [0.1, 0.15) is 13.3 Å². The molecule has 1 unspecified atom stereocenters. The zero-order valence-electron chi connectivity index (χ0n) is 6.00. The minimum Gasteiger partial charge on any atom is -0.493 e. The van der Waals surface area contributed by atoms with E-state index in [4.69, 9.17) is 4.74 Å². The molecule has 0 bridgehead atoms. The zero-order chi connectivity index (χ0) is 6.97. The van der Waals surface area contributed by atoms with Gasteiger partial charge in [-0.15, -0.1) is 0 Å². The minimum absolute atomic E-state index is 0.324. The number of allylic oxidation sites excluding steroid dienone is 2. The quantitative estimate of drug-likeness (QED) is 0.493. The molecule has 0 N–H and O–H groups in total. The smallest absolute Gasteiger partial charge is 0.127 e. The van der Waals surface area contributed by atoms with Gasteiger partial charge in [-0.05, 0) is 18.6 Å². The molecule has 0 saturated carbocycles. The molecule has 0 aromatic heterocycles. The van der Waals surface area contributed by atoms with Gasteiger partial charge in [0.25, 0.3) is 0 Å². The lowest BCUT2D eigenvalue weighted by atomic mass is 9.98. The summed E-state index contributed by atoms with van der Waals surface area (Å²) >= 11 is 0. The van der Waals surface area contributed by atoms with E-state index in [2.05, 4.69) is 19.1 Å². The predicted molar refractivity (Wildman–Crippen MR) is 40.5 cm³/mol. The van der Waals surface area contributed by atoms with Crippen LogP contribution in [-0.4, -0.2) is 6.10 Å². The molecule has 10 heavy (non-hydrogen) atoms. The molecule has 0 fully saturated rings. The first-order valence-electron chi connectivity index (χ1n) is 3.55. The van der Waals surface area contributed by atoms with Crippen LogP contribution in [0.2, 0.25) is 0 Å². The van der Waals surface area contributed by atoms with Gasteiger partial charge in [0.05, 0.1) is 6.26 Å². The molecule has 2 rings (SSSR count). The van der Waals surface area contributed by atoms with Crippen molar-refractivity contribution < 1.29 is 4.74 Å². The Bertz CT molecular complexity index is 233. The Kier molecular flexibility index (Phi) is 1.16. The number of rotatable bonds is 0. The van der Waals surface area contributed by atoms with Gasteiger partial charge in [0, 0.05) is 6.42 Å². The Morgan fingerprint density at radius 3 is 3.30 bits per heavy atom. The Balaban J connectivity index is 2.30. The zero-order valence-corrected chi connectivity index (χ0v) is 6.00. The molecule has 0 saturated heterocycles. The third-order valence-corrected chi connectivity index (χ3v) is 1.94. The summed E-state index contributed by atoms with van der Waals surface area (Å²) in [6.45, 7) is 2.13. The summed E-state index contributed by atoms with van der Waals surface area (Å²) in [5.41, 5.74) is 2.71. The highest BCUT2D eigenvalue weighted by Gasteiger charge is 2.19. The molecule has 0 spiro atoms. The van der Waals surface area contributed by atoms with E-state index in [1.807, 2.05) is 6.08 Å². The lowest BCUT2D eigenvalue weighted by molar-refractivity contribution is 0.195. The third kappa shape index (κ3) is 0.783. The van der Waals surface area contributed by atoms with Gasteiger partial charge in [-0.2, -0.15) is 0 Å². The normalized spacial score (nSPS) is 28.7. The van der Waals surface area contributed by atoms with Crippen molar-refractivity contribution in [3.8, 4) is 0 Å². The molecular formula is C9H10O. The van der Waals surface area contributed by atoms with E-state index in [1.54, 1.807) is 6.26 Å². The van der Waals surface area contributed by atoms with Crippen LogP contribution in [0, 0.1) is 0 Å². The third-order valence-electron chi connectivity index (χ3n) is 1.94. The van der Waals surface area contributed by atoms with Crippen LogP contribution in [0.25, 0.3) is 0 Å². The van der Waals surface area contributed by atoms with E-state index in [0.717, 1.165) is 6.42 Å². The molecule has 1 heteroatoms. The number of hydrogen-bond acceptors (Lipinski definition) is 1. The van der Waals surface area contributed by atoms with Crippen molar-refractivity contribution in [2.24, 2.45) is 0 Å². The van der Waals surface area contributed by atoms with Crippen molar-refractivity contribution in [3.05, 3.63) is 35.6 Å². The number of fused-ring (bicyclic) bond motifs is 1. The van der Waals surface area contributed by atoms with Crippen LogP contribution in [0.3, 0.4) is 0 Å². The van der Waals surface area contributed by atoms with Crippen LogP contribution in [0.4, 0.5) is 0 Å². The molecule has 0 amide bonds. The van der Waals surface area contributed by atoms with E-state index in [9.17, 15) is 0 Å². The maximum atomic E-state index is 5.34. The Hall–Kier alpha value is -0.980. The Morgan fingerprint density at radius 2 is 2.40 bits per heavy atom. The molecule has 0 aromatic carbocycles. The fraction of sp³-hybridized carbons (Fsp3) is 0.333. The lowest BCUT2D eigenvalue weighted by Crippen LogP contribution is -2.10. The first-order chi connectivity index (χ1) is 4.86. The Labute approximate surface area is 60.7 Å². The lowest BCUT2D eigenvalue weighted by Gasteiger charge is -2.15. The fourth-order valence-electron chi connectivity index (χ4n) is 1.33. The van der Waals surface area contributed by atoms with Crippen LogP contribution < -0.4 is 0 Å².